The molecule has 0 fully saturated rings. The SMILES string of the molecule is CC(C)C(N)c1c(C(C)(C)C)nc2ccc(Br)cn12. The normalized spacial score (nSPS) is 14.3. The first-order valence-corrected chi connectivity index (χ1v) is 7.44. The van der Waals surface area contributed by atoms with Gasteiger partial charge < -0.3 is 10.1 Å². The van der Waals surface area contributed by atoms with E-state index in [9.17, 15) is 0 Å². The lowest BCUT2D eigenvalue weighted by Crippen LogP contribution is -2.24. The number of rotatable bonds is 2. The molecule has 0 aliphatic carbocycles. The fourth-order valence-corrected chi connectivity index (χ4v) is 2.56. The van der Waals surface area contributed by atoms with Crippen LogP contribution >= 0.6 is 15.9 Å². The van der Waals surface area contributed by atoms with E-state index in [1.165, 1.54) is 0 Å². The lowest BCUT2D eigenvalue weighted by Gasteiger charge is -2.23. The van der Waals surface area contributed by atoms with Gasteiger partial charge in [0.25, 0.3) is 0 Å². The van der Waals surface area contributed by atoms with Gasteiger partial charge in [-0.2, -0.15) is 0 Å². The molecular weight excluding hydrogens is 302 g/mol. The summed E-state index contributed by atoms with van der Waals surface area (Å²) in [4.78, 5) is 4.79. The summed E-state index contributed by atoms with van der Waals surface area (Å²) in [5.41, 5.74) is 9.58. The molecule has 0 aliphatic heterocycles. The van der Waals surface area contributed by atoms with Crippen LogP contribution < -0.4 is 5.73 Å². The molecule has 104 valence electrons. The summed E-state index contributed by atoms with van der Waals surface area (Å²) in [5, 5.41) is 0. The van der Waals surface area contributed by atoms with Gasteiger partial charge in [-0.15, -0.1) is 0 Å². The van der Waals surface area contributed by atoms with Crippen LogP contribution in [-0.4, -0.2) is 9.38 Å². The van der Waals surface area contributed by atoms with Crippen molar-refractivity contribution in [2.75, 3.05) is 0 Å². The van der Waals surface area contributed by atoms with Crippen molar-refractivity contribution in [3.05, 3.63) is 34.2 Å². The zero-order valence-electron chi connectivity index (χ0n) is 12.2. The first-order valence-electron chi connectivity index (χ1n) is 6.65. The van der Waals surface area contributed by atoms with E-state index in [1.807, 2.05) is 12.1 Å². The van der Waals surface area contributed by atoms with E-state index in [1.54, 1.807) is 0 Å². The molecule has 3 nitrogen and oxygen atoms in total. The van der Waals surface area contributed by atoms with Gasteiger partial charge in [-0.05, 0) is 34.0 Å². The number of imidazole rings is 1. The second-order valence-electron chi connectivity index (χ2n) is 6.44. The third-order valence-corrected chi connectivity index (χ3v) is 3.83. The molecule has 19 heavy (non-hydrogen) atoms. The average molecular weight is 324 g/mol. The molecule has 0 bridgehead atoms. The zero-order valence-corrected chi connectivity index (χ0v) is 13.8. The van der Waals surface area contributed by atoms with Gasteiger partial charge in [0.15, 0.2) is 0 Å². The van der Waals surface area contributed by atoms with E-state index >= 15 is 0 Å². The Bertz CT molecular complexity index is 593. The van der Waals surface area contributed by atoms with Gasteiger partial charge in [-0.25, -0.2) is 4.98 Å². The highest BCUT2D eigenvalue weighted by molar-refractivity contribution is 9.10. The summed E-state index contributed by atoms with van der Waals surface area (Å²) >= 11 is 3.52. The fraction of sp³-hybridized carbons (Fsp3) is 0.533. The Balaban J connectivity index is 2.77. The molecule has 0 amide bonds. The molecule has 0 radical (unpaired) electrons. The minimum Gasteiger partial charge on any atom is -0.322 e. The summed E-state index contributed by atoms with van der Waals surface area (Å²) < 4.78 is 3.16. The number of hydrogen-bond acceptors (Lipinski definition) is 2. The fourth-order valence-electron chi connectivity index (χ4n) is 2.22. The van der Waals surface area contributed by atoms with E-state index in [4.69, 9.17) is 10.7 Å². The largest absolute Gasteiger partial charge is 0.322 e. The Kier molecular flexibility index (Phi) is 3.76. The van der Waals surface area contributed by atoms with Gasteiger partial charge in [0, 0.05) is 22.1 Å². The maximum Gasteiger partial charge on any atom is 0.137 e. The summed E-state index contributed by atoms with van der Waals surface area (Å²) in [5.74, 6) is 0.375. The Labute approximate surface area is 123 Å². The number of fused-ring (bicyclic) bond motifs is 1. The van der Waals surface area contributed by atoms with E-state index in [0.29, 0.717) is 5.92 Å². The number of halogens is 1. The molecule has 2 heterocycles. The van der Waals surface area contributed by atoms with Crippen LogP contribution in [0, 0.1) is 5.92 Å². The van der Waals surface area contributed by atoms with Crippen LogP contribution in [0.5, 0.6) is 0 Å². The summed E-state index contributed by atoms with van der Waals surface area (Å²) in [7, 11) is 0. The molecule has 0 saturated heterocycles. The second-order valence-corrected chi connectivity index (χ2v) is 7.36. The standard InChI is InChI=1S/C15H22BrN3/c1-9(2)12(17)13-14(15(3,4)5)18-11-7-6-10(16)8-19(11)13/h6-9,12H,17H2,1-5H3. The zero-order chi connectivity index (χ0) is 14.4. The van der Waals surface area contributed by atoms with E-state index in [0.717, 1.165) is 21.5 Å². The Morgan fingerprint density at radius 3 is 2.42 bits per heavy atom. The van der Waals surface area contributed by atoms with Crippen LogP contribution in [0.2, 0.25) is 0 Å². The van der Waals surface area contributed by atoms with Crippen LogP contribution in [0.1, 0.15) is 52.0 Å². The first kappa shape index (κ1) is 14.5. The lowest BCUT2D eigenvalue weighted by atomic mass is 9.87. The topological polar surface area (TPSA) is 43.3 Å². The molecule has 0 aromatic carbocycles. The molecule has 1 unspecified atom stereocenters. The molecule has 2 N–H and O–H groups in total. The van der Waals surface area contributed by atoms with E-state index < -0.39 is 0 Å². The van der Waals surface area contributed by atoms with Crippen LogP contribution in [0.15, 0.2) is 22.8 Å². The molecule has 4 heteroatoms. The highest BCUT2D eigenvalue weighted by Crippen LogP contribution is 2.32. The number of nitrogens with zero attached hydrogens (tertiary/aromatic N) is 2. The molecule has 0 aliphatic rings. The van der Waals surface area contributed by atoms with Crippen molar-refractivity contribution >= 4 is 21.6 Å². The van der Waals surface area contributed by atoms with Crippen molar-refractivity contribution in [3.8, 4) is 0 Å². The summed E-state index contributed by atoms with van der Waals surface area (Å²) in [6, 6.07) is 4.02. The van der Waals surface area contributed by atoms with Crippen LogP contribution in [0.25, 0.3) is 5.65 Å². The predicted octanol–water partition coefficient (Wildman–Crippen LogP) is 4.05. The molecule has 2 aromatic heterocycles. The Hall–Kier alpha value is -0.870. The lowest BCUT2D eigenvalue weighted by molar-refractivity contribution is 0.476. The number of nitrogens with two attached hydrogens (primary N) is 1. The summed E-state index contributed by atoms with van der Waals surface area (Å²) in [6.45, 7) is 10.8. The van der Waals surface area contributed by atoms with Gasteiger partial charge in [-0.1, -0.05) is 34.6 Å². The molecule has 1 atom stereocenters. The number of pyridine rings is 1. The maximum absolute atomic E-state index is 6.42. The van der Waals surface area contributed by atoms with Crippen molar-refractivity contribution < 1.29 is 0 Å². The minimum atomic E-state index is -0.0153. The predicted molar refractivity (Wildman–Crippen MR) is 83.4 cm³/mol. The summed E-state index contributed by atoms with van der Waals surface area (Å²) in [6.07, 6.45) is 2.05. The number of aromatic nitrogens is 2. The molecule has 2 rings (SSSR count). The minimum absolute atomic E-state index is 0.0136. The third-order valence-electron chi connectivity index (χ3n) is 3.36. The second kappa shape index (κ2) is 4.91. The van der Waals surface area contributed by atoms with Crippen LogP contribution in [0.4, 0.5) is 0 Å². The van der Waals surface area contributed by atoms with Crippen molar-refractivity contribution in [1.82, 2.24) is 9.38 Å². The van der Waals surface area contributed by atoms with Crippen LogP contribution in [-0.2, 0) is 5.41 Å². The van der Waals surface area contributed by atoms with Gasteiger partial charge in [0.2, 0.25) is 0 Å². The first-order chi connectivity index (χ1) is 8.71. The van der Waals surface area contributed by atoms with E-state index in [-0.39, 0.29) is 11.5 Å². The Morgan fingerprint density at radius 1 is 1.26 bits per heavy atom. The van der Waals surface area contributed by atoms with Crippen molar-refractivity contribution in [3.63, 3.8) is 0 Å². The monoisotopic (exact) mass is 323 g/mol. The van der Waals surface area contributed by atoms with Crippen molar-refractivity contribution in [2.45, 2.75) is 46.1 Å². The van der Waals surface area contributed by atoms with Gasteiger partial charge >= 0.3 is 0 Å². The average Bonchev–Trinajstić information content (AvgIpc) is 2.65. The van der Waals surface area contributed by atoms with Crippen molar-refractivity contribution in [2.24, 2.45) is 11.7 Å². The highest BCUT2D eigenvalue weighted by Gasteiger charge is 2.28. The van der Waals surface area contributed by atoms with Crippen molar-refractivity contribution in [1.29, 1.82) is 0 Å². The maximum atomic E-state index is 6.42. The Morgan fingerprint density at radius 2 is 1.89 bits per heavy atom. The van der Waals surface area contributed by atoms with Gasteiger partial charge in [0.05, 0.1) is 11.4 Å². The molecule has 0 spiro atoms. The highest BCUT2D eigenvalue weighted by atomic mass is 79.9. The quantitative estimate of drug-likeness (QED) is 0.905. The van der Waals surface area contributed by atoms with Gasteiger partial charge in [-0.3, -0.25) is 0 Å². The number of hydrogen-bond donors (Lipinski definition) is 1. The smallest absolute Gasteiger partial charge is 0.137 e. The molecule has 0 saturated carbocycles. The van der Waals surface area contributed by atoms with E-state index in [2.05, 4.69) is 61.1 Å². The van der Waals surface area contributed by atoms with Crippen LogP contribution in [0.3, 0.4) is 0 Å². The third kappa shape index (κ3) is 2.70. The van der Waals surface area contributed by atoms with Gasteiger partial charge in [0.1, 0.15) is 5.65 Å². The molecular formula is C15H22BrN3. The molecule has 2 aromatic rings.